The van der Waals surface area contributed by atoms with Crippen LogP contribution in [0.3, 0.4) is 0 Å². The first-order chi connectivity index (χ1) is 9.28. The van der Waals surface area contributed by atoms with Gasteiger partial charge in [0, 0.05) is 12.7 Å². The number of nitrogens with one attached hydrogen (secondary N) is 1. The summed E-state index contributed by atoms with van der Waals surface area (Å²) in [5.74, 6) is 0. The Bertz CT molecular complexity index is 698. The fourth-order valence-electron chi connectivity index (χ4n) is 2.34. The van der Waals surface area contributed by atoms with E-state index >= 15 is 0 Å². The molecular weight excluding hydrogens is 230 g/mol. The summed E-state index contributed by atoms with van der Waals surface area (Å²) in [5, 5.41) is 8.42. The maximum Gasteiger partial charge on any atom is 0.0343 e. The molecule has 0 atom stereocenters. The number of fused-ring (bicyclic) bond motifs is 2. The molecule has 0 heterocycles. The van der Waals surface area contributed by atoms with Gasteiger partial charge in [0.2, 0.25) is 0 Å². The number of hydrogen-bond acceptors (Lipinski definition) is 1. The van der Waals surface area contributed by atoms with Crippen LogP contribution in [0.5, 0.6) is 0 Å². The lowest BCUT2D eigenvalue weighted by molar-refractivity contribution is 1.50. The van der Waals surface area contributed by atoms with E-state index in [0.717, 1.165) is 5.69 Å². The average molecular weight is 251 g/mol. The number of benzene rings is 3. The number of hydrogen-bond donors (Lipinski definition) is 1. The highest BCUT2D eigenvalue weighted by Crippen LogP contribution is 2.26. The minimum absolute atomic E-state index is 1.16. The van der Waals surface area contributed by atoms with Crippen LogP contribution in [-0.4, -0.2) is 7.05 Å². The Hall–Kier alpha value is -2.02. The van der Waals surface area contributed by atoms with E-state index in [4.69, 9.17) is 0 Å². The maximum atomic E-state index is 3.18. The van der Waals surface area contributed by atoms with Crippen LogP contribution in [0.1, 0.15) is 19.4 Å². The number of rotatable bonds is 1. The first kappa shape index (κ1) is 13.4. The third-order valence-electron chi connectivity index (χ3n) is 3.34. The molecule has 1 N–H and O–H groups in total. The smallest absolute Gasteiger partial charge is 0.0343 e. The zero-order chi connectivity index (χ0) is 13.8. The Morgan fingerprint density at radius 1 is 0.789 bits per heavy atom. The van der Waals surface area contributed by atoms with E-state index in [9.17, 15) is 0 Å². The van der Waals surface area contributed by atoms with Gasteiger partial charge in [0.15, 0.2) is 0 Å². The third kappa shape index (κ3) is 2.55. The van der Waals surface area contributed by atoms with Gasteiger partial charge in [-0.1, -0.05) is 38.1 Å². The number of anilines is 1. The molecule has 1 nitrogen and oxygen atoms in total. The largest absolute Gasteiger partial charge is 0.388 e. The molecule has 0 saturated heterocycles. The first-order valence-electron chi connectivity index (χ1n) is 6.89. The van der Waals surface area contributed by atoms with E-state index in [1.807, 2.05) is 20.9 Å². The third-order valence-corrected chi connectivity index (χ3v) is 3.34. The molecule has 3 aromatic carbocycles. The lowest BCUT2D eigenvalue weighted by atomic mass is 10.00. The standard InChI is InChI=1S/C16H15N.C2H6/c1-11-4-3-5-13-8-12-6-7-15(17-2)9-14(12)10-16(11)13;1-2/h3-10,17H,1-2H3;1-2H3. The Balaban J connectivity index is 0.000000637. The van der Waals surface area contributed by atoms with E-state index in [-0.39, 0.29) is 0 Å². The SMILES string of the molecule is CC.CNc1ccc2cc3cccc(C)c3cc2c1. The molecule has 98 valence electrons. The molecule has 0 radical (unpaired) electrons. The highest BCUT2D eigenvalue weighted by atomic mass is 14.8. The molecule has 0 aromatic heterocycles. The predicted octanol–water partition coefficient (Wildman–Crippen LogP) is 5.37. The van der Waals surface area contributed by atoms with Gasteiger partial charge < -0.3 is 5.32 Å². The van der Waals surface area contributed by atoms with Crippen LogP contribution in [0.4, 0.5) is 5.69 Å². The van der Waals surface area contributed by atoms with Gasteiger partial charge in [-0.3, -0.25) is 0 Å². The summed E-state index contributed by atoms with van der Waals surface area (Å²) in [6.07, 6.45) is 0. The van der Waals surface area contributed by atoms with Crippen molar-refractivity contribution in [3.8, 4) is 0 Å². The molecule has 0 aliphatic rings. The summed E-state index contributed by atoms with van der Waals surface area (Å²) in [6.45, 7) is 6.16. The van der Waals surface area contributed by atoms with Gasteiger partial charge in [-0.15, -0.1) is 0 Å². The monoisotopic (exact) mass is 251 g/mol. The molecule has 3 rings (SSSR count). The van der Waals surface area contributed by atoms with Crippen molar-refractivity contribution in [1.82, 2.24) is 0 Å². The molecule has 0 fully saturated rings. The molecule has 0 aliphatic carbocycles. The van der Waals surface area contributed by atoms with Crippen LogP contribution >= 0.6 is 0 Å². The van der Waals surface area contributed by atoms with Crippen molar-refractivity contribution < 1.29 is 0 Å². The quantitative estimate of drug-likeness (QED) is 0.573. The minimum atomic E-state index is 1.16. The van der Waals surface area contributed by atoms with Gasteiger partial charge in [-0.05, 0) is 58.3 Å². The van der Waals surface area contributed by atoms with Gasteiger partial charge in [-0.2, -0.15) is 0 Å². The molecule has 0 bridgehead atoms. The van der Waals surface area contributed by atoms with E-state index in [1.54, 1.807) is 0 Å². The van der Waals surface area contributed by atoms with Crippen molar-refractivity contribution in [2.24, 2.45) is 0 Å². The normalized spacial score (nSPS) is 10.1. The van der Waals surface area contributed by atoms with Gasteiger partial charge in [0.05, 0.1) is 0 Å². The van der Waals surface area contributed by atoms with E-state index in [2.05, 4.69) is 60.8 Å². The van der Waals surface area contributed by atoms with Gasteiger partial charge in [0.1, 0.15) is 0 Å². The minimum Gasteiger partial charge on any atom is -0.388 e. The van der Waals surface area contributed by atoms with Gasteiger partial charge in [0.25, 0.3) is 0 Å². The van der Waals surface area contributed by atoms with Crippen molar-refractivity contribution in [3.05, 3.63) is 54.1 Å². The molecule has 0 unspecified atom stereocenters. The van der Waals surface area contributed by atoms with Crippen molar-refractivity contribution in [2.75, 3.05) is 12.4 Å². The Kier molecular flexibility index (Phi) is 4.06. The molecule has 0 aliphatic heterocycles. The molecule has 1 heteroatoms. The van der Waals surface area contributed by atoms with Crippen LogP contribution in [0.25, 0.3) is 21.5 Å². The van der Waals surface area contributed by atoms with E-state index in [1.165, 1.54) is 27.1 Å². The summed E-state index contributed by atoms with van der Waals surface area (Å²) in [5.41, 5.74) is 2.49. The van der Waals surface area contributed by atoms with Crippen LogP contribution in [0, 0.1) is 6.92 Å². The summed E-state index contributed by atoms with van der Waals surface area (Å²) in [4.78, 5) is 0. The second-order valence-electron chi connectivity index (χ2n) is 4.46. The van der Waals surface area contributed by atoms with Crippen LogP contribution in [0.2, 0.25) is 0 Å². The molecule has 0 spiro atoms. The summed E-state index contributed by atoms with van der Waals surface area (Å²) >= 11 is 0. The van der Waals surface area contributed by atoms with Gasteiger partial charge in [-0.25, -0.2) is 0 Å². The Morgan fingerprint density at radius 2 is 1.58 bits per heavy atom. The Morgan fingerprint density at radius 3 is 2.32 bits per heavy atom. The van der Waals surface area contributed by atoms with Gasteiger partial charge >= 0.3 is 0 Å². The molecule has 0 saturated carbocycles. The molecule has 19 heavy (non-hydrogen) atoms. The first-order valence-corrected chi connectivity index (χ1v) is 6.89. The molecule has 0 amide bonds. The van der Waals surface area contributed by atoms with Crippen LogP contribution < -0.4 is 5.32 Å². The highest BCUT2D eigenvalue weighted by Gasteiger charge is 2.00. The predicted molar refractivity (Wildman–Crippen MR) is 87.1 cm³/mol. The summed E-state index contributed by atoms with van der Waals surface area (Å²) in [7, 11) is 1.95. The molecule has 3 aromatic rings. The zero-order valence-electron chi connectivity index (χ0n) is 12.1. The fraction of sp³-hybridized carbons (Fsp3) is 0.222. The Labute approximate surface area is 115 Å². The van der Waals surface area contributed by atoms with Crippen molar-refractivity contribution in [3.63, 3.8) is 0 Å². The average Bonchev–Trinajstić information content (AvgIpc) is 2.47. The topological polar surface area (TPSA) is 12.0 Å². The van der Waals surface area contributed by atoms with Crippen molar-refractivity contribution in [1.29, 1.82) is 0 Å². The summed E-state index contributed by atoms with van der Waals surface area (Å²) in [6, 6.07) is 17.5. The van der Waals surface area contributed by atoms with Crippen LogP contribution in [-0.2, 0) is 0 Å². The zero-order valence-corrected chi connectivity index (χ0v) is 12.1. The number of aryl methyl sites for hydroxylation is 1. The summed E-state index contributed by atoms with van der Waals surface area (Å²) < 4.78 is 0. The fourth-order valence-corrected chi connectivity index (χ4v) is 2.34. The lowest BCUT2D eigenvalue weighted by Gasteiger charge is -2.07. The van der Waals surface area contributed by atoms with Crippen LogP contribution in [0.15, 0.2) is 48.5 Å². The highest BCUT2D eigenvalue weighted by molar-refractivity contribution is 6.00. The maximum absolute atomic E-state index is 3.18. The second kappa shape index (κ2) is 5.75. The van der Waals surface area contributed by atoms with Crippen molar-refractivity contribution in [2.45, 2.75) is 20.8 Å². The van der Waals surface area contributed by atoms with E-state index in [0.29, 0.717) is 0 Å². The van der Waals surface area contributed by atoms with E-state index < -0.39 is 0 Å². The molecular formula is C18H21N. The second-order valence-corrected chi connectivity index (χ2v) is 4.46. The van der Waals surface area contributed by atoms with Crippen molar-refractivity contribution >= 4 is 27.2 Å². The lowest BCUT2D eigenvalue weighted by Crippen LogP contribution is -1.87.